The summed E-state index contributed by atoms with van der Waals surface area (Å²) in [5, 5.41) is 19.9. The van der Waals surface area contributed by atoms with Crippen molar-refractivity contribution in [1.82, 2.24) is 14.6 Å². The number of amides is 1. The number of anilines is 2. The Labute approximate surface area is 202 Å². The Morgan fingerprint density at radius 1 is 1.11 bits per heavy atom. The molecule has 3 atom stereocenters. The molecule has 0 bridgehead atoms. The Morgan fingerprint density at radius 3 is 2.71 bits per heavy atom. The van der Waals surface area contributed by atoms with Gasteiger partial charge in [0.25, 0.3) is 0 Å². The van der Waals surface area contributed by atoms with Crippen molar-refractivity contribution in [3.63, 3.8) is 0 Å². The molecule has 2 N–H and O–H groups in total. The van der Waals surface area contributed by atoms with Crippen molar-refractivity contribution in [3.8, 4) is 17.2 Å². The van der Waals surface area contributed by atoms with Crippen molar-refractivity contribution in [2.75, 3.05) is 10.6 Å². The van der Waals surface area contributed by atoms with Crippen LogP contribution in [0.1, 0.15) is 12.8 Å². The van der Waals surface area contributed by atoms with E-state index in [0.717, 1.165) is 11.1 Å². The van der Waals surface area contributed by atoms with Gasteiger partial charge < -0.3 is 10.6 Å². The van der Waals surface area contributed by atoms with Crippen molar-refractivity contribution in [2.24, 2.45) is 5.92 Å². The number of carbonyl (C=O) groups excluding carboxylic acids is 1. The molecule has 2 heterocycles. The fourth-order valence-electron chi connectivity index (χ4n) is 4.08. The van der Waals surface area contributed by atoms with Crippen LogP contribution in [0.25, 0.3) is 16.8 Å². The van der Waals surface area contributed by atoms with Gasteiger partial charge in [-0.1, -0.05) is 54.7 Å². The van der Waals surface area contributed by atoms with E-state index in [4.69, 9.17) is 0 Å². The van der Waals surface area contributed by atoms with Crippen LogP contribution in [-0.2, 0) is 4.79 Å². The molecule has 0 saturated heterocycles. The van der Waals surface area contributed by atoms with Gasteiger partial charge in [0.05, 0.1) is 24.4 Å². The molecular weight excluding hydrogens is 443 g/mol. The van der Waals surface area contributed by atoms with Gasteiger partial charge in [-0.3, -0.25) is 4.79 Å². The number of benzene rings is 1. The van der Waals surface area contributed by atoms with E-state index in [2.05, 4.69) is 26.8 Å². The first-order valence-corrected chi connectivity index (χ1v) is 11.4. The number of rotatable bonds is 6. The summed E-state index contributed by atoms with van der Waals surface area (Å²) in [6.07, 6.45) is 13.9. The van der Waals surface area contributed by atoms with E-state index in [0.29, 0.717) is 29.3 Å². The minimum absolute atomic E-state index is 0.0364. The molecule has 2 aromatic heterocycles. The normalized spacial score (nSPS) is 20.9. The molecule has 3 aromatic rings. The smallest absolute Gasteiger partial charge is 0.243 e. The van der Waals surface area contributed by atoms with Gasteiger partial charge in [-0.15, -0.1) is 5.10 Å². The molecule has 1 aromatic carbocycles. The monoisotopic (exact) mass is 466 g/mol. The summed E-state index contributed by atoms with van der Waals surface area (Å²) in [4.78, 5) is 16.8. The zero-order valence-electron chi connectivity index (χ0n) is 18.8. The molecule has 0 aliphatic heterocycles. The number of pyridine rings is 1. The minimum atomic E-state index is -1.10. The lowest BCUT2D eigenvalue weighted by molar-refractivity contribution is -0.115. The van der Waals surface area contributed by atoms with Gasteiger partial charge >= 0.3 is 0 Å². The number of alkyl halides is 1. The highest BCUT2D eigenvalue weighted by atomic mass is 19.1. The highest BCUT2D eigenvalue weighted by Gasteiger charge is 2.20. The number of carbonyl (C=O) groups is 1. The van der Waals surface area contributed by atoms with Gasteiger partial charge in [0.1, 0.15) is 6.17 Å². The predicted octanol–water partition coefficient (Wildman–Crippen LogP) is 5.00. The Morgan fingerprint density at radius 2 is 1.91 bits per heavy atom. The summed E-state index contributed by atoms with van der Waals surface area (Å²) in [5.41, 5.74) is 3.71. The highest BCUT2D eigenvalue weighted by Crippen LogP contribution is 2.24. The third kappa shape index (κ3) is 5.04. The van der Waals surface area contributed by atoms with Gasteiger partial charge in [-0.05, 0) is 35.4 Å². The van der Waals surface area contributed by atoms with E-state index >= 15 is 0 Å². The molecular formula is C27H23FN6O. The maximum absolute atomic E-state index is 13.9. The van der Waals surface area contributed by atoms with Crippen LogP contribution in [0.4, 0.5) is 16.0 Å². The summed E-state index contributed by atoms with van der Waals surface area (Å²) < 4.78 is 15.6. The standard InChI is InChI=1S/C27H23FN6O/c28-23-7-3-1-5-19(23)15-26(35)30-22-12-9-18(10-13-22)21-11-14-25-32-27(33-34(25)17-21)31-24-8-4-2-6-20(24)16-29/h1-6,8-14,17,20,23-24H,7,15H2,(H,30,35)(H,31,33). The number of nitrogens with zero attached hydrogens (tertiary/aromatic N) is 4. The number of halogens is 1. The van der Waals surface area contributed by atoms with Crippen LogP contribution in [0.3, 0.4) is 0 Å². The Bertz CT molecular complexity index is 1410. The summed E-state index contributed by atoms with van der Waals surface area (Å²) in [6.45, 7) is 0. The van der Waals surface area contributed by atoms with E-state index in [1.807, 2.05) is 66.9 Å². The quantitative estimate of drug-likeness (QED) is 0.533. The molecule has 1 amide bonds. The Kier molecular flexibility index (Phi) is 6.22. The SMILES string of the molecule is N#CC1C=CC=CC1Nc1nc2ccc(-c3ccc(NC(=O)CC4=CC=CCC4F)cc3)cn2n1. The molecule has 0 saturated carbocycles. The zero-order chi connectivity index (χ0) is 24.2. The molecule has 35 heavy (non-hydrogen) atoms. The second-order valence-electron chi connectivity index (χ2n) is 8.43. The van der Waals surface area contributed by atoms with E-state index in [1.165, 1.54) is 0 Å². The van der Waals surface area contributed by atoms with E-state index in [1.54, 1.807) is 22.7 Å². The summed E-state index contributed by atoms with van der Waals surface area (Å²) in [5.74, 6) is -0.0757. The molecule has 174 valence electrons. The maximum Gasteiger partial charge on any atom is 0.243 e. The second kappa shape index (κ2) is 9.77. The molecule has 0 radical (unpaired) electrons. The van der Waals surface area contributed by atoms with E-state index in [-0.39, 0.29) is 24.3 Å². The van der Waals surface area contributed by atoms with Crippen LogP contribution >= 0.6 is 0 Å². The number of aromatic nitrogens is 3. The first kappa shape index (κ1) is 22.3. The molecule has 3 unspecified atom stereocenters. The van der Waals surface area contributed by atoms with Gasteiger partial charge in [0.2, 0.25) is 11.9 Å². The first-order valence-electron chi connectivity index (χ1n) is 11.4. The molecule has 2 aliphatic carbocycles. The van der Waals surface area contributed by atoms with Gasteiger partial charge in [0.15, 0.2) is 5.65 Å². The lowest BCUT2D eigenvalue weighted by Crippen LogP contribution is -2.26. The van der Waals surface area contributed by atoms with Crippen molar-refractivity contribution < 1.29 is 9.18 Å². The molecule has 7 nitrogen and oxygen atoms in total. The number of hydrogen-bond acceptors (Lipinski definition) is 5. The van der Waals surface area contributed by atoms with Crippen LogP contribution < -0.4 is 10.6 Å². The van der Waals surface area contributed by atoms with E-state index in [9.17, 15) is 14.4 Å². The first-order chi connectivity index (χ1) is 17.1. The minimum Gasteiger partial charge on any atom is -0.345 e. The van der Waals surface area contributed by atoms with Gasteiger partial charge in [0, 0.05) is 23.9 Å². The molecule has 5 rings (SSSR count). The molecule has 2 aliphatic rings. The maximum atomic E-state index is 13.9. The van der Waals surface area contributed by atoms with Crippen molar-refractivity contribution in [3.05, 3.63) is 90.7 Å². The topological polar surface area (TPSA) is 95.1 Å². The second-order valence-corrected chi connectivity index (χ2v) is 8.43. The summed E-state index contributed by atoms with van der Waals surface area (Å²) in [6, 6.07) is 13.4. The van der Waals surface area contributed by atoms with Crippen molar-refractivity contribution >= 4 is 23.2 Å². The average Bonchev–Trinajstić information content (AvgIpc) is 3.28. The van der Waals surface area contributed by atoms with Crippen LogP contribution in [0.5, 0.6) is 0 Å². The molecule has 8 heteroatoms. The fourth-order valence-corrected chi connectivity index (χ4v) is 4.08. The van der Waals surface area contributed by atoms with E-state index < -0.39 is 6.17 Å². The van der Waals surface area contributed by atoms with Crippen LogP contribution in [0, 0.1) is 17.2 Å². The molecule has 0 fully saturated rings. The summed E-state index contributed by atoms with van der Waals surface area (Å²) in [7, 11) is 0. The number of nitriles is 1. The van der Waals surface area contributed by atoms with Crippen molar-refractivity contribution in [2.45, 2.75) is 25.1 Å². The highest BCUT2D eigenvalue weighted by molar-refractivity contribution is 5.92. The van der Waals surface area contributed by atoms with Gasteiger partial charge in [-0.25, -0.2) is 8.91 Å². The summed E-state index contributed by atoms with van der Waals surface area (Å²) >= 11 is 0. The number of allylic oxidation sites excluding steroid dienone is 5. The average molecular weight is 467 g/mol. The van der Waals surface area contributed by atoms with Crippen LogP contribution in [0.15, 0.2) is 90.7 Å². The van der Waals surface area contributed by atoms with Crippen molar-refractivity contribution in [1.29, 1.82) is 5.26 Å². The number of nitrogens with one attached hydrogen (secondary N) is 2. The van der Waals surface area contributed by atoms with Gasteiger partial charge in [-0.2, -0.15) is 10.2 Å². The third-order valence-electron chi connectivity index (χ3n) is 5.97. The zero-order valence-corrected chi connectivity index (χ0v) is 18.8. The molecule has 0 spiro atoms. The Balaban J connectivity index is 1.26. The number of fused-ring (bicyclic) bond motifs is 1. The van der Waals surface area contributed by atoms with Crippen LogP contribution in [-0.4, -0.2) is 32.7 Å². The lowest BCUT2D eigenvalue weighted by atomic mass is 9.97. The van der Waals surface area contributed by atoms with Crippen LogP contribution in [0.2, 0.25) is 0 Å². The predicted molar refractivity (Wildman–Crippen MR) is 133 cm³/mol. The Hall–Kier alpha value is -4.51. The fraction of sp³-hybridized carbons (Fsp3) is 0.185. The number of hydrogen-bond donors (Lipinski definition) is 2. The largest absolute Gasteiger partial charge is 0.345 e. The lowest BCUT2D eigenvalue weighted by Gasteiger charge is -2.18. The third-order valence-corrected chi connectivity index (χ3v) is 5.97.